The fourth-order valence-corrected chi connectivity index (χ4v) is 4.04. The van der Waals surface area contributed by atoms with Crippen LogP contribution in [0.1, 0.15) is 46.7 Å². The van der Waals surface area contributed by atoms with Crippen molar-refractivity contribution in [1.82, 2.24) is 0 Å². The number of hydrogen-bond donors (Lipinski definition) is 1. The van der Waals surface area contributed by atoms with Crippen LogP contribution in [0.15, 0.2) is 30.3 Å². The molecule has 0 radical (unpaired) electrons. The number of thiophene rings is 1. The lowest BCUT2D eigenvalue weighted by Crippen LogP contribution is -2.04. The van der Waals surface area contributed by atoms with Gasteiger partial charge in [0.2, 0.25) is 0 Å². The van der Waals surface area contributed by atoms with Crippen molar-refractivity contribution in [2.24, 2.45) is 0 Å². The highest BCUT2D eigenvalue weighted by Gasteiger charge is 2.16. The number of aryl methyl sites for hydroxylation is 3. The van der Waals surface area contributed by atoms with E-state index in [0.717, 1.165) is 0 Å². The first-order chi connectivity index (χ1) is 9.22. The molecule has 1 aromatic heterocycles. The van der Waals surface area contributed by atoms with Gasteiger partial charge >= 0.3 is 0 Å². The maximum atomic E-state index is 3.62. The van der Waals surface area contributed by atoms with Crippen molar-refractivity contribution in [2.75, 3.05) is 5.32 Å². The third kappa shape index (κ3) is 2.84. The molecule has 1 heterocycles. The van der Waals surface area contributed by atoms with Gasteiger partial charge in [-0.05, 0) is 68.9 Å². The summed E-state index contributed by atoms with van der Waals surface area (Å²) in [7, 11) is 0. The van der Waals surface area contributed by atoms with E-state index in [4.69, 9.17) is 0 Å². The maximum absolute atomic E-state index is 3.62. The van der Waals surface area contributed by atoms with Gasteiger partial charge in [0.1, 0.15) is 0 Å². The minimum absolute atomic E-state index is 0.400. The van der Waals surface area contributed by atoms with Crippen molar-refractivity contribution in [2.45, 2.75) is 45.6 Å². The molecule has 2 aromatic rings. The first-order valence-corrected chi connectivity index (χ1v) is 7.99. The summed E-state index contributed by atoms with van der Waals surface area (Å²) < 4.78 is 0. The topological polar surface area (TPSA) is 12.0 Å². The van der Waals surface area contributed by atoms with Crippen LogP contribution in [0.3, 0.4) is 0 Å². The molecule has 0 aliphatic heterocycles. The van der Waals surface area contributed by atoms with E-state index < -0.39 is 0 Å². The van der Waals surface area contributed by atoms with Crippen LogP contribution in [0.4, 0.5) is 5.69 Å². The smallest absolute Gasteiger partial charge is 0.0578 e. The summed E-state index contributed by atoms with van der Waals surface area (Å²) in [5.41, 5.74) is 4.13. The zero-order valence-electron chi connectivity index (χ0n) is 11.7. The normalized spacial score (nSPS) is 15.9. The van der Waals surface area contributed by atoms with Crippen LogP contribution in [0, 0.1) is 6.92 Å². The molecule has 1 nitrogen and oxygen atoms in total. The van der Waals surface area contributed by atoms with Crippen molar-refractivity contribution in [3.05, 3.63) is 51.2 Å². The van der Waals surface area contributed by atoms with Gasteiger partial charge in [-0.1, -0.05) is 12.1 Å². The van der Waals surface area contributed by atoms with Crippen LogP contribution in [-0.2, 0) is 12.8 Å². The maximum Gasteiger partial charge on any atom is 0.0578 e. The van der Waals surface area contributed by atoms with Crippen LogP contribution in [-0.4, -0.2) is 0 Å². The monoisotopic (exact) mass is 271 g/mol. The molecular formula is C17H21NS. The molecule has 0 amide bonds. The van der Waals surface area contributed by atoms with Crippen molar-refractivity contribution in [1.29, 1.82) is 0 Å². The lowest BCUT2D eigenvalue weighted by Gasteiger charge is -2.14. The van der Waals surface area contributed by atoms with Gasteiger partial charge < -0.3 is 5.32 Å². The van der Waals surface area contributed by atoms with E-state index in [9.17, 15) is 0 Å². The van der Waals surface area contributed by atoms with Gasteiger partial charge in [-0.3, -0.25) is 0 Å². The lowest BCUT2D eigenvalue weighted by molar-refractivity contribution is 0.696. The Hall–Kier alpha value is -1.28. The standard InChI is InChI=1S/C17H21NS/c1-12-6-5-8-15(10-12)18-13(2)17-11-14-7-3-4-9-16(14)19-17/h5-6,8,10-11,13,18H,3-4,7,9H2,1-2H3. The first-order valence-electron chi connectivity index (χ1n) is 7.17. The molecule has 1 N–H and O–H groups in total. The molecule has 1 unspecified atom stereocenters. The van der Waals surface area contributed by atoms with Crippen molar-refractivity contribution < 1.29 is 0 Å². The lowest BCUT2D eigenvalue weighted by atomic mass is 9.99. The summed E-state index contributed by atoms with van der Waals surface area (Å²) in [5.74, 6) is 0. The summed E-state index contributed by atoms with van der Waals surface area (Å²) in [6.45, 7) is 4.40. The number of benzene rings is 1. The molecule has 1 aliphatic rings. The number of rotatable bonds is 3. The highest BCUT2D eigenvalue weighted by atomic mass is 32.1. The molecule has 0 saturated heterocycles. The fourth-order valence-electron chi connectivity index (χ4n) is 2.78. The van der Waals surface area contributed by atoms with Crippen LogP contribution >= 0.6 is 11.3 Å². The molecular weight excluding hydrogens is 250 g/mol. The zero-order valence-corrected chi connectivity index (χ0v) is 12.5. The summed E-state index contributed by atoms with van der Waals surface area (Å²) >= 11 is 2.00. The van der Waals surface area contributed by atoms with Crippen LogP contribution in [0.5, 0.6) is 0 Å². The summed E-state index contributed by atoms with van der Waals surface area (Å²) in [5, 5.41) is 3.62. The molecule has 100 valence electrons. The predicted octanol–water partition coefficient (Wildman–Crippen LogP) is 5.11. The van der Waals surface area contributed by atoms with Crippen LogP contribution in [0.2, 0.25) is 0 Å². The third-order valence-corrected chi connectivity index (χ3v) is 5.26. The molecule has 0 bridgehead atoms. The predicted molar refractivity (Wildman–Crippen MR) is 84.2 cm³/mol. The SMILES string of the molecule is Cc1cccc(NC(C)c2cc3c(s2)CCCC3)c1. The summed E-state index contributed by atoms with van der Waals surface area (Å²) in [6, 6.07) is 11.4. The Morgan fingerprint density at radius 2 is 2.00 bits per heavy atom. The largest absolute Gasteiger partial charge is 0.378 e. The highest BCUT2D eigenvalue weighted by Crippen LogP contribution is 2.34. The Balaban J connectivity index is 1.76. The molecule has 1 aliphatic carbocycles. The third-order valence-electron chi connectivity index (χ3n) is 3.84. The van der Waals surface area contributed by atoms with E-state index in [1.165, 1.54) is 41.8 Å². The number of hydrogen-bond acceptors (Lipinski definition) is 2. The van der Waals surface area contributed by atoms with E-state index in [0.29, 0.717) is 6.04 Å². The van der Waals surface area contributed by atoms with E-state index in [-0.39, 0.29) is 0 Å². The van der Waals surface area contributed by atoms with E-state index in [1.807, 2.05) is 11.3 Å². The molecule has 3 rings (SSSR count). The van der Waals surface area contributed by atoms with Gasteiger partial charge in [-0.2, -0.15) is 0 Å². The van der Waals surface area contributed by atoms with Gasteiger partial charge in [0, 0.05) is 15.4 Å². The Bertz CT molecular complexity index is 547. The molecule has 19 heavy (non-hydrogen) atoms. The molecule has 2 heteroatoms. The van der Waals surface area contributed by atoms with E-state index in [1.54, 1.807) is 10.4 Å². The Morgan fingerprint density at radius 3 is 2.79 bits per heavy atom. The number of fused-ring (bicyclic) bond motifs is 1. The molecule has 0 spiro atoms. The van der Waals surface area contributed by atoms with E-state index in [2.05, 4.69) is 49.5 Å². The van der Waals surface area contributed by atoms with Gasteiger partial charge in [0.05, 0.1) is 6.04 Å². The Kier molecular flexibility index (Phi) is 3.61. The second-order valence-corrected chi connectivity index (χ2v) is 6.71. The van der Waals surface area contributed by atoms with Crippen molar-refractivity contribution >= 4 is 17.0 Å². The van der Waals surface area contributed by atoms with Gasteiger partial charge in [0.25, 0.3) is 0 Å². The Labute approximate surface area is 119 Å². The quantitative estimate of drug-likeness (QED) is 0.818. The van der Waals surface area contributed by atoms with Crippen LogP contribution < -0.4 is 5.32 Å². The minimum atomic E-state index is 0.400. The fraction of sp³-hybridized carbons (Fsp3) is 0.412. The van der Waals surface area contributed by atoms with Gasteiger partial charge in [-0.25, -0.2) is 0 Å². The molecule has 1 aromatic carbocycles. The summed E-state index contributed by atoms with van der Waals surface area (Å²) in [4.78, 5) is 3.10. The number of nitrogens with one attached hydrogen (secondary N) is 1. The second kappa shape index (κ2) is 5.38. The second-order valence-electron chi connectivity index (χ2n) is 5.54. The number of anilines is 1. The average Bonchev–Trinajstić information content (AvgIpc) is 2.82. The van der Waals surface area contributed by atoms with Crippen molar-refractivity contribution in [3.8, 4) is 0 Å². The van der Waals surface area contributed by atoms with Crippen molar-refractivity contribution in [3.63, 3.8) is 0 Å². The molecule has 0 fully saturated rings. The Morgan fingerprint density at radius 1 is 1.16 bits per heavy atom. The minimum Gasteiger partial charge on any atom is -0.378 e. The zero-order chi connectivity index (χ0) is 13.2. The van der Waals surface area contributed by atoms with Crippen LogP contribution in [0.25, 0.3) is 0 Å². The average molecular weight is 271 g/mol. The van der Waals surface area contributed by atoms with Gasteiger partial charge in [0.15, 0.2) is 0 Å². The molecule has 1 atom stereocenters. The summed E-state index contributed by atoms with van der Waals surface area (Å²) in [6.07, 6.45) is 5.30. The van der Waals surface area contributed by atoms with E-state index >= 15 is 0 Å². The molecule has 0 saturated carbocycles. The first kappa shape index (κ1) is 12.7. The van der Waals surface area contributed by atoms with Gasteiger partial charge in [-0.15, -0.1) is 11.3 Å². The highest BCUT2D eigenvalue weighted by molar-refractivity contribution is 7.12.